The highest BCUT2D eigenvalue weighted by Gasteiger charge is 2.00. The number of ether oxygens (including phenoxy) is 1. The smallest absolute Gasteiger partial charge is 0.333 e. The van der Waals surface area contributed by atoms with Crippen molar-refractivity contribution in [2.45, 2.75) is 13.3 Å². The number of hydrogen-bond acceptors (Lipinski definition) is 4. The van der Waals surface area contributed by atoms with Crippen molar-refractivity contribution in [3.8, 4) is 0 Å². The minimum atomic E-state index is -0.321. The maximum Gasteiger partial charge on any atom is 0.333 e. The molecule has 0 heterocycles. The van der Waals surface area contributed by atoms with E-state index >= 15 is 0 Å². The Labute approximate surface area is 79.1 Å². The second-order valence-electron chi connectivity index (χ2n) is 2.81. The van der Waals surface area contributed by atoms with Crippen molar-refractivity contribution in [3.05, 3.63) is 12.2 Å². The van der Waals surface area contributed by atoms with Crippen molar-refractivity contribution in [1.82, 2.24) is 5.32 Å². The summed E-state index contributed by atoms with van der Waals surface area (Å²) in [6.45, 7) is 7.80. The summed E-state index contributed by atoms with van der Waals surface area (Å²) in [4.78, 5) is 10.9. The average molecular weight is 186 g/mol. The van der Waals surface area contributed by atoms with Crippen LogP contribution in [0.25, 0.3) is 0 Å². The van der Waals surface area contributed by atoms with Crippen LogP contribution in [0.4, 0.5) is 0 Å². The van der Waals surface area contributed by atoms with Crippen LogP contribution < -0.4 is 11.1 Å². The fourth-order valence-corrected chi connectivity index (χ4v) is 0.712. The lowest BCUT2D eigenvalue weighted by Crippen LogP contribution is -2.24. The summed E-state index contributed by atoms with van der Waals surface area (Å²) < 4.78 is 4.87. The molecule has 0 amide bonds. The third kappa shape index (κ3) is 7.49. The third-order valence-corrected chi connectivity index (χ3v) is 1.40. The van der Waals surface area contributed by atoms with E-state index in [9.17, 15) is 4.79 Å². The Kier molecular flexibility index (Phi) is 7.24. The van der Waals surface area contributed by atoms with E-state index in [-0.39, 0.29) is 5.97 Å². The normalized spacial score (nSPS) is 9.69. The van der Waals surface area contributed by atoms with Crippen LogP contribution in [-0.2, 0) is 9.53 Å². The summed E-state index contributed by atoms with van der Waals surface area (Å²) in [5.41, 5.74) is 5.71. The highest BCUT2D eigenvalue weighted by Crippen LogP contribution is 1.92. The van der Waals surface area contributed by atoms with Gasteiger partial charge < -0.3 is 15.8 Å². The molecular formula is C9H18N2O2. The molecule has 0 fully saturated rings. The van der Waals surface area contributed by atoms with Crippen molar-refractivity contribution in [3.63, 3.8) is 0 Å². The Hall–Kier alpha value is -0.870. The fourth-order valence-electron chi connectivity index (χ4n) is 0.712. The molecule has 0 atom stereocenters. The maximum absolute atomic E-state index is 10.9. The number of nitrogens with two attached hydrogens (primary N) is 1. The Morgan fingerprint density at radius 1 is 1.54 bits per heavy atom. The summed E-state index contributed by atoms with van der Waals surface area (Å²) in [7, 11) is 0. The van der Waals surface area contributed by atoms with E-state index in [2.05, 4.69) is 11.9 Å². The zero-order valence-corrected chi connectivity index (χ0v) is 8.14. The van der Waals surface area contributed by atoms with Crippen molar-refractivity contribution in [1.29, 1.82) is 0 Å². The van der Waals surface area contributed by atoms with Gasteiger partial charge in [-0.05, 0) is 19.9 Å². The Morgan fingerprint density at radius 2 is 2.23 bits per heavy atom. The number of nitrogens with one attached hydrogen (secondary N) is 1. The number of hydrogen-bond donors (Lipinski definition) is 2. The van der Waals surface area contributed by atoms with Crippen LogP contribution in [0.1, 0.15) is 13.3 Å². The molecule has 0 aromatic carbocycles. The molecule has 4 nitrogen and oxygen atoms in total. The molecule has 0 aliphatic heterocycles. The molecule has 0 aliphatic carbocycles. The molecule has 76 valence electrons. The first-order chi connectivity index (χ1) is 6.18. The number of esters is 1. The second-order valence-corrected chi connectivity index (χ2v) is 2.81. The molecule has 13 heavy (non-hydrogen) atoms. The fraction of sp³-hybridized carbons (Fsp3) is 0.667. The van der Waals surface area contributed by atoms with Gasteiger partial charge in [-0.15, -0.1) is 0 Å². The van der Waals surface area contributed by atoms with Gasteiger partial charge in [0.15, 0.2) is 0 Å². The van der Waals surface area contributed by atoms with Gasteiger partial charge in [0.25, 0.3) is 0 Å². The predicted molar refractivity (Wildman–Crippen MR) is 52.3 cm³/mol. The summed E-state index contributed by atoms with van der Waals surface area (Å²) in [5, 5.41) is 3.10. The number of rotatable bonds is 7. The maximum atomic E-state index is 10.9. The quantitative estimate of drug-likeness (QED) is 0.335. The standard InChI is InChI=1S/C9H18N2O2/c1-8(2)9(12)13-7-3-5-11-6-4-10/h11H,1,3-7,10H2,2H3. The van der Waals surface area contributed by atoms with Gasteiger partial charge >= 0.3 is 5.97 Å². The minimum absolute atomic E-state index is 0.321. The van der Waals surface area contributed by atoms with E-state index in [4.69, 9.17) is 10.5 Å². The zero-order valence-electron chi connectivity index (χ0n) is 8.14. The number of carbonyl (C=O) groups is 1. The highest BCUT2D eigenvalue weighted by atomic mass is 16.5. The Morgan fingerprint density at radius 3 is 2.77 bits per heavy atom. The van der Waals surface area contributed by atoms with Crippen molar-refractivity contribution in [2.75, 3.05) is 26.2 Å². The number of carbonyl (C=O) groups excluding carboxylic acids is 1. The van der Waals surface area contributed by atoms with Gasteiger partial charge in [0.05, 0.1) is 6.61 Å². The van der Waals surface area contributed by atoms with Gasteiger partial charge in [-0.25, -0.2) is 4.79 Å². The minimum Gasteiger partial charge on any atom is -0.462 e. The zero-order chi connectivity index (χ0) is 10.1. The van der Waals surface area contributed by atoms with E-state index in [0.717, 1.165) is 19.5 Å². The first-order valence-electron chi connectivity index (χ1n) is 4.42. The lowest BCUT2D eigenvalue weighted by atomic mass is 10.3. The molecule has 0 aromatic heterocycles. The van der Waals surface area contributed by atoms with Crippen LogP contribution in [0.15, 0.2) is 12.2 Å². The first kappa shape index (κ1) is 12.1. The molecular weight excluding hydrogens is 168 g/mol. The third-order valence-electron chi connectivity index (χ3n) is 1.40. The summed E-state index contributed by atoms with van der Waals surface area (Å²) in [6, 6.07) is 0. The van der Waals surface area contributed by atoms with Gasteiger partial charge in [-0.2, -0.15) is 0 Å². The van der Waals surface area contributed by atoms with Crippen LogP contribution >= 0.6 is 0 Å². The molecule has 0 radical (unpaired) electrons. The van der Waals surface area contributed by atoms with E-state index in [1.54, 1.807) is 6.92 Å². The molecule has 0 unspecified atom stereocenters. The van der Waals surface area contributed by atoms with Crippen LogP contribution in [0.3, 0.4) is 0 Å². The van der Waals surface area contributed by atoms with E-state index < -0.39 is 0 Å². The molecule has 4 heteroatoms. The highest BCUT2D eigenvalue weighted by molar-refractivity contribution is 5.86. The lowest BCUT2D eigenvalue weighted by Gasteiger charge is -2.04. The lowest BCUT2D eigenvalue weighted by molar-refractivity contribution is -0.139. The van der Waals surface area contributed by atoms with Crippen molar-refractivity contribution >= 4 is 5.97 Å². The van der Waals surface area contributed by atoms with E-state index in [1.807, 2.05) is 0 Å². The van der Waals surface area contributed by atoms with Crippen LogP contribution in [0.5, 0.6) is 0 Å². The summed E-state index contributed by atoms with van der Waals surface area (Å²) >= 11 is 0. The van der Waals surface area contributed by atoms with Crippen LogP contribution in [0, 0.1) is 0 Å². The molecule has 0 bridgehead atoms. The molecule has 0 spiro atoms. The monoisotopic (exact) mass is 186 g/mol. The summed E-state index contributed by atoms with van der Waals surface area (Å²) in [5.74, 6) is -0.321. The SMILES string of the molecule is C=C(C)C(=O)OCCCNCCN. The predicted octanol–water partition coefficient (Wildman–Crippen LogP) is 0.0441. The molecule has 0 aromatic rings. The van der Waals surface area contributed by atoms with Gasteiger partial charge in [0, 0.05) is 18.7 Å². The van der Waals surface area contributed by atoms with Gasteiger partial charge in [0.2, 0.25) is 0 Å². The molecule has 0 saturated carbocycles. The van der Waals surface area contributed by atoms with Gasteiger partial charge in [0.1, 0.15) is 0 Å². The largest absolute Gasteiger partial charge is 0.462 e. The van der Waals surface area contributed by atoms with E-state index in [0.29, 0.717) is 18.7 Å². The molecule has 3 N–H and O–H groups in total. The van der Waals surface area contributed by atoms with Crippen molar-refractivity contribution < 1.29 is 9.53 Å². The second kappa shape index (κ2) is 7.76. The van der Waals surface area contributed by atoms with Gasteiger partial charge in [-0.1, -0.05) is 6.58 Å². The van der Waals surface area contributed by atoms with Crippen molar-refractivity contribution in [2.24, 2.45) is 5.73 Å². The van der Waals surface area contributed by atoms with Crippen LogP contribution in [0.2, 0.25) is 0 Å². The molecule has 0 aliphatic rings. The molecule has 0 rings (SSSR count). The first-order valence-corrected chi connectivity index (χ1v) is 4.42. The Bertz CT molecular complexity index is 169. The van der Waals surface area contributed by atoms with Gasteiger partial charge in [-0.3, -0.25) is 0 Å². The summed E-state index contributed by atoms with van der Waals surface area (Å²) in [6.07, 6.45) is 0.805. The average Bonchev–Trinajstić information content (AvgIpc) is 2.10. The Balaban J connectivity index is 3.16. The topological polar surface area (TPSA) is 64.3 Å². The van der Waals surface area contributed by atoms with E-state index in [1.165, 1.54) is 0 Å². The molecule has 0 saturated heterocycles. The van der Waals surface area contributed by atoms with Crippen LogP contribution in [-0.4, -0.2) is 32.2 Å².